The van der Waals surface area contributed by atoms with Crippen LogP contribution in [0.5, 0.6) is 0 Å². The second kappa shape index (κ2) is 10.1. The van der Waals surface area contributed by atoms with Gasteiger partial charge in [0.15, 0.2) is 0 Å². The first-order valence-corrected chi connectivity index (χ1v) is 19.5. The lowest BCUT2D eigenvalue weighted by Crippen LogP contribution is -2.37. The van der Waals surface area contributed by atoms with Gasteiger partial charge < -0.3 is 9.47 Å². The Balaban J connectivity index is 1.36. The van der Waals surface area contributed by atoms with Crippen molar-refractivity contribution in [3.05, 3.63) is 151 Å². The summed E-state index contributed by atoms with van der Waals surface area (Å²) >= 11 is 0. The maximum absolute atomic E-state index is 2.44. The molecule has 0 N–H and O–H groups in total. The number of rotatable bonds is 5. The van der Waals surface area contributed by atoms with Gasteiger partial charge in [-0.2, -0.15) is 0 Å². The van der Waals surface area contributed by atoms with Gasteiger partial charge >= 0.3 is 0 Å². The van der Waals surface area contributed by atoms with E-state index in [1.165, 1.54) is 66.3 Å². The molecule has 0 saturated carbocycles. The first-order valence-electron chi connectivity index (χ1n) is 16.0. The molecule has 1 aliphatic carbocycles. The zero-order valence-electron chi connectivity index (χ0n) is 26.7. The molecule has 0 saturated heterocycles. The summed E-state index contributed by atoms with van der Waals surface area (Å²) in [5, 5.41) is 4.00. The summed E-state index contributed by atoms with van der Waals surface area (Å²) in [6.45, 7) is 12.0. The highest BCUT2D eigenvalue weighted by atomic mass is 28.3. The van der Waals surface area contributed by atoms with Gasteiger partial charge in [-0.05, 0) is 76.9 Å². The van der Waals surface area contributed by atoms with Crippen LogP contribution in [0.4, 0.5) is 17.1 Å². The van der Waals surface area contributed by atoms with Crippen LogP contribution < -0.4 is 10.1 Å². The first-order chi connectivity index (χ1) is 21.7. The summed E-state index contributed by atoms with van der Waals surface area (Å²) in [7, 11) is -1.44. The van der Waals surface area contributed by atoms with Crippen molar-refractivity contribution in [3.8, 4) is 16.8 Å². The van der Waals surface area contributed by atoms with E-state index in [2.05, 4.69) is 182 Å². The third kappa shape index (κ3) is 4.37. The Morgan fingerprint density at radius 1 is 0.511 bits per heavy atom. The fourth-order valence-electron chi connectivity index (χ4n) is 7.34. The van der Waals surface area contributed by atoms with Gasteiger partial charge in [0.1, 0.15) is 0 Å². The highest BCUT2D eigenvalue weighted by molar-refractivity contribution is 6.88. The molecule has 1 aromatic heterocycles. The molecule has 0 atom stereocenters. The number of aromatic nitrogens is 1. The topological polar surface area (TPSA) is 8.17 Å². The van der Waals surface area contributed by atoms with Crippen molar-refractivity contribution >= 4 is 52.1 Å². The van der Waals surface area contributed by atoms with Crippen LogP contribution in [-0.4, -0.2) is 12.6 Å². The van der Waals surface area contributed by atoms with Gasteiger partial charge in [0.2, 0.25) is 0 Å². The van der Waals surface area contributed by atoms with Crippen LogP contribution in [-0.2, 0) is 5.41 Å². The van der Waals surface area contributed by atoms with Crippen molar-refractivity contribution in [2.75, 3.05) is 4.90 Å². The predicted octanol–water partition coefficient (Wildman–Crippen LogP) is 11.1. The number of para-hydroxylation sites is 2. The van der Waals surface area contributed by atoms with Crippen molar-refractivity contribution in [3.63, 3.8) is 0 Å². The Bertz CT molecular complexity index is 2220. The molecule has 6 aromatic carbocycles. The monoisotopic (exact) mass is 598 g/mol. The lowest BCUT2D eigenvalue weighted by Gasteiger charge is -2.29. The lowest BCUT2D eigenvalue weighted by molar-refractivity contribution is 0.660. The molecule has 1 aliphatic rings. The van der Waals surface area contributed by atoms with Crippen molar-refractivity contribution in [1.29, 1.82) is 0 Å². The average Bonchev–Trinajstić information content (AvgIpc) is 3.50. The Kier molecular flexibility index (Phi) is 6.20. The van der Waals surface area contributed by atoms with Gasteiger partial charge in [-0.25, -0.2) is 0 Å². The second-order valence-electron chi connectivity index (χ2n) is 13.9. The van der Waals surface area contributed by atoms with E-state index in [-0.39, 0.29) is 5.41 Å². The lowest BCUT2D eigenvalue weighted by atomic mass is 9.82. The van der Waals surface area contributed by atoms with E-state index >= 15 is 0 Å². The minimum atomic E-state index is -1.44. The van der Waals surface area contributed by atoms with Crippen molar-refractivity contribution < 1.29 is 0 Å². The fourth-order valence-corrected chi connectivity index (χ4v) is 8.51. The Hall–Kier alpha value is -4.86. The van der Waals surface area contributed by atoms with E-state index in [1.807, 2.05) is 0 Å². The number of nitrogens with zero attached hydrogens (tertiary/aromatic N) is 2. The normalized spacial score (nSPS) is 13.6. The predicted molar refractivity (Wildman–Crippen MR) is 196 cm³/mol. The van der Waals surface area contributed by atoms with E-state index in [0.717, 1.165) is 5.69 Å². The number of hydrogen-bond acceptors (Lipinski definition) is 1. The molecule has 8 rings (SSSR count). The largest absolute Gasteiger partial charge is 0.310 e. The van der Waals surface area contributed by atoms with Gasteiger partial charge in [-0.1, -0.05) is 124 Å². The van der Waals surface area contributed by atoms with Crippen molar-refractivity contribution in [2.24, 2.45) is 0 Å². The third-order valence-corrected chi connectivity index (χ3v) is 11.8. The van der Waals surface area contributed by atoms with Gasteiger partial charge in [0.25, 0.3) is 0 Å². The Labute approximate surface area is 267 Å². The number of anilines is 3. The molecule has 0 fully saturated rings. The highest BCUT2D eigenvalue weighted by Crippen LogP contribution is 2.50. The van der Waals surface area contributed by atoms with Crippen molar-refractivity contribution in [1.82, 2.24) is 4.57 Å². The van der Waals surface area contributed by atoms with Crippen molar-refractivity contribution in [2.45, 2.75) is 38.9 Å². The average molecular weight is 599 g/mol. The van der Waals surface area contributed by atoms with E-state index in [9.17, 15) is 0 Å². The van der Waals surface area contributed by atoms with Crippen LogP contribution in [0.15, 0.2) is 140 Å². The molecule has 0 unspecified atom stereocenters. The molecule has 2 nitrogen and oxygen atoms in total. The van der Waals surface area contributed by atoms with Gasteiger partial charge in [-0.15, -0.1) is 0 Å². The molecular formula is C42H38N2Si. The van der Waals surface area contributed by atoms with E-state index in [4.69, 9.17) is 0 Å². The molecule has 0 spiro atoms. The van der Waals surface area contributed by atoms with Crippen LogP contribution >= 0.6 is 0 Å². The zero-order valence-corrected chi connectivity index (χ0v) is 27.7. The molecule has 7 aromatic rings. The standard InChI is InChI=1S/C42H38N2Si/c1-42(2)38-17-11-9-15-34(38)35-25-21-31(27-39(35)42)43(30-19-23-33(24-20-30)45(3,4)5)32-22-26-37-36-16-10-12-18-40(36)44(41(37)28-32)29-13-7-6-8-14-29/h6-28H,1-5H3. The molecular weight excluding hydrogens is 561 g/mol. The minimum Gasteiger partial charge on any atom is -0.310 e. The van der Waals surface area contributed by atoms with Gasteiger partial charge in [0, 0.05) is 38.9 Å². The first kappa shape index (κ1) is 27.7. The minimum absolute atomic E-state index is 0.0704. The quantitative estimate of drug-likeness (QED) is 0.179. The molecule has 1 heterocycles. The summed E-state index contributed by atoms with van der Waals surface area (Å²) in [5.74, 6) is 0. The summed E-state index contributed by atoms with van der Waals surface area (Å²) in [4.78, 5) is 2.44. The number of fused-ring (bicyclic) bond motifs is 6. The number of hydrogen-bond donors (Lipinski definition) is 0. The van der Waals surface area contributed by atoms with E-state index in [0.29, 0.717) is 0 Å². The molecule has 0 radical (unpaired) electrons. The van der Waals surface area contributed by atoms with Crippen LogP contribution in [0.25, 0.3) is 38.6 Å². The van der Waals surface area contributed by atoms with Crippen LogP contribution in [0.2, 0.25) is 19.6 Å². The summed E-state index contributed by atoms with van der Waals surface area (Å²) in [6.07, 6.45) is 0. The fraction of sp³-hybridized carbons (Fsp3) is 0.143. The highest BCUT2D eigenvalue weighted by Gasteiger charge is 2.35. The van der Waals surface area contributed by atoms with Crippen LogP contribution in [0.3, 0.4) is 0 Å². The SMILES string of the molecule is CC1(C)c2ccccc2-c2ccc(N(c3ccc([Si](C)(C)C)cc3)c3ccc4c5ccccc5n(-c5ccccc5)c4c3)cc21. The molecule has 0 bridgehead atoms. The molecule has 45 heavy (non-hydrogen) atoms. The van der Waals surface area contributed by atoms with Crippen LogP contribution in [0.1, 0.15) is 25.0 Å². The molecule has 0 amide bonds. The molecule has 3 heteroatoms. The van der Waals surface area contributed by atoms with E-state index < -0.39 is 8.07 Å². The summed E-state index contributed by atoms with van der Waals surface area (Å²) in [5.41, 5.74) is 12.5. The second-order valence-corrected chi connectivity index (χ2v) is 19.0. The van der Waals surface area contributed by atoms with E-state index in [1.54, 1.807) is 0 Å². The van der Waals surface area contributed by atoms with Gasteiger partial charge in [-0.3, -0.25) is 0 Å². The maximum atomic E-state index is 2.44. The maximum Gasteiger partial charge on any atom is 0.0775 e. The Morgan fingerprint density at radius 2 is 1.11 bits per heavy atom. The van der Waals surface area contributed by atoms with Gasteiger partial charge in [0.05, 0.1) is 19.1 Å². The summed E-state index contributed by atoms with van der Waals surface area (Å²) < 4.78 is 2.41. The summed E-state index contributed by atoms with van der Waals surface area (Å²) in [6, 6.07) is 51.7. The molecule has 0 aliphatic heterocycles. The van der Waals surface area contributed by atoms with Crippen LogP contribution in [0, 0.1) is 0 Å². The Morgan fingerprint density at radius 3 is 1.89 bits per heavy atom. The smallest absolute Gasteiger partial charge is 0.0775 e. The molecule has 220 valence electrons. The third-order valence-electron chi connectivity index (χ3n) is 9.75. The number of benzene rings is 6. The zero-order chi connectivity index (χ0) is 30.9.